The fourth-order valence-corrected chi connectivity index (χ4v) is 2.98. The van der Waals surface area contributed by atoms with Gasteiger partial charge in [-0.05, 0) is 23.8 Å². The highest BCUT2D eigenvalue weighted by molar-refractivity contribution is 6.42. The van der Waals surface area contributed by atoms with Crippen LogP contribution in [0.15, 0.2) is 24.3 Å². The van der Waals surface area contributed by atoms with Gasteiger partial charge in [-0.2, -0.15) is 0 Å². The Hall–Kier alpha value is -1.07. The summed E-state index contributed by atoms with van der Waals surface area (Å²) in [5.41, 5.74) is 0.860. The molecule has 0 aliphatic carbocycles. The zero-order valence-corrected chi connectivity index (χ0v) is 15.0. The van der Waals surface area contributed by atoms with Crippen molar-refractivity contribution in [3.05, 3.63) is 39.9 Å². The average molecular weight is 358 g/mol. The van der Waals surface area contributed by atoms with Crippen LogP contribution in [0.5, 0.6) is 0 Å². The van der Waals surface area contributed by atoms with Gasteiger partial charge in [-0.3, -0.25) is 4.79 Å². The predicted octanol–water partition coefficient (Wildman–Crippen LogP) is -0.0739. The molecule has 1 amide bonds. The highest BCUT2D eigenvalue weighted by Crippen LogP contribution is 2.22. The van der Waals surface area contributed by atoms with Gasteiger partial charge in [-0.1, -0.05) is 29.3 Å². The number of rotatable bonds is 6. The summed E-state index contributed by atoms with van der Waals surface area (Å²) in [6.07, 6.45) is 4.29. The fourth-order valence-electron chi connectivity index (χ4n) is 2.68. The van der Waals surface area contributed by atoms with Crippen LogP contribution < -0.4 is 15.1 Å². The SMILES string of the molecule is C[NH+]1CC[NH+](CCCNC(=O)/C=C/c2ccc(Cl)c(Cl)c2)CC1. The summed E-state index contributed by atoms with van der Waals surface area (Å²) in [5, 5.41) is 3.93. The van der Waals surface area contributed by atoms with Crippen LogP contribution in [0, 0.1) is 0 Å². The second-order valence-electron chi connectivity index (χ2n) is 6.11. The van der Waals surface area contributed by atoms with Gasteiger partial charge in [0, 0.05) is 19.0 Å². The van der Waals surface area contributed by atoms with Crippen LogP contribution in [-0.2, 0) is 4.79 Å². The standard InChI is InChI=1S/C17H23Cl2N3O/c1-21-9-11-22(12-10-21)8-2-7-20-17(23)6-4-14-3-5-15(18)16(19)13-14/h3-6,13H,2,7-12H2,1H3,(H,20,23)/p+2/b6-4+. The Kier molecular flexibility index (Phi) is 7.37. The quantitative estimate of drug-likeness (QED) is 0.483. The van der Waals surface area contributed by atoms with Crippen molar-refractivity contribution in [1.29, 1.82) is 0 Å². The third-order valence-corrected chi connectivity index (χ3v) is 4.93. The number of halogens is 2. The van der Waals surface area contributed by atoms with E-state index in [9.17, 15) is 4.79 Å². The van der Waals surface area contributed by atoms with Crippen LogP contribution >= 0.6 is 23.2 Å². The van der Waals surface area contributed by atoms with Crippen molar-refractivity contribution in [2.45, 2.75) is 6.42 Å². The van der Waals surface area contributed by atoms with Crippen molar-refractivity contribution in [2.75, 3.05) is 46.3 Å². The zero-order chi connectivity index (χ0) is 16.7. The molecule has 0 aromatic heterocycles. The molecule has 0 unspecified atom stereocenters. The Bertz CT molecular complexity index is 555. The molecule has 1 aliphatic rings. The monoisotopic (exact) mass is 357 g/mol. The summed E-state index contributed by atoms with van der Waals surface area (Å²) < 4.78 is 0. The molecule has 3 N–H and O–H groups in total. The number of nitrogens with one attached hydrogen (secondary N) is 3. The van der Waals surface area contributed by atoms with Gasteiger partial charge in [0.25, 0.3) is 0 Å². The number of hydrogen-bond acceptors (Lipinski definition) is 1. The van der Waals surface area contributed by atoms with E-state index in [0.29, 0.717) is 10.0 Å². The summed E-state index contributed by atoms with van der Waals surface area (Å²) in [4.78, 5) is 15.1. The number of amides is 1. The summed E-state index contributed by atoms with van der Waals surface area (Å²) in [7, 11) is 2.25. The molecular formula is C17H25Cl2N3O+2. The van der Waals surface area contributed by atoms with Gasteiger partial charge in [0.15, 0.2) is 0 Å². The maximum Gasteiger partial charge on any atom is 0.244 e. The summed E-state index contributed by atoms with van der Waals surface area (Å²) in [6, 6.07) is 5.30. The van der Waals surface area contributed by atoms with Crippen LogP contribution in [0.1, 0.15) is 12.0 Å². The number of carbonyl (C=O) groups excluding carboxylic acids is 1. The van der Waals surface area contributed by atoms with E-state index in [0.717, 1.165) is 25.1 Å². The first-order valence-electron chi connectivity index (χ1n) is 8.10. The molecule has 126 valence electrons. The number of hydrogen-bond donors (Lipinski definition) is 3. The van der Waals surface area contributed by atoms with Gasteiger partial charge in [-0.25, -0.2) is 0 Å². The molecule has 1 fully saturated rings. The number of likely N-dealkylation sites (N-methyl/N-ethyl adjacent to an activating group) is 1. The lowest BCUT2D eigenvalue weighted by molar-refractivity contribution is -1.00. The van der Waals surface area contributed by atoms with Gasteiger partial charge < -0.3 is 15.1 Å². The van der Waals surface area contributed by atoms with Gasteiger partial charge in [0.1, 0.15) is 26.2 Å². The second-order valence-corrected chi connectivity index (χ2v) is 6.92. The predicted molar refractivity (Wildman–Crippen MR) is 95.3 cm³/mol. The van der Waals surface area contributed by atoms with Crippen LogP contribution in [0.25, 0.3) is 6.08 Å². The van der Waals surface area contributed by atoms with E-state index in [1.54, 1.807) is 28.0 Å². The van der Waals surface area contributed by atoms with Crippen molar-refractivity contribution >= 4 is 35.2 Å². The van der Waals surface area contributed by atoms with E-state index in [2.05, 4.69) is 12.4 Å². The third kappa shape index (κ3) is 6.51. The zero-order valence-electron chi connectivity index (χ0n) is 13.5. The molecule has 1 heterocycles. The minimum absolute atomic E-state index is 0.0751. The van der Waals surface area contributed by atoms with Crippen LogP contribution in [0.3, 0.4) is 0 Å². The van der Waals surface area contributed by atoms with Gasteiger partial charge in [0.05, 0.1) is 23.6 Å². The van der Waals surface area contributed by atoms with Crippen molar-refractivity contribution in [1.82, 2.24) is 5.32 Å². The largest absolute Gasteiger partial charge is 0.352 e. The molecular weight excluding hydrogens is 333 g/mol. The van der Waals surface area contributed by atoms with E-state index >= 15 is 0 Å². The number of benzene rings is 1. The molecule has 1 aliphatic heterocycles. The number of quaternary nitrogens is 2. The minimum atomic E-state index is -0.0751. The molecule has 1 saturated heterocycles. The molecule has 0 spiro atoms. The highest BCUT2D eigenvalue weighted by atomic mass is 35.5. The Morgan fingerprint density at radius 3 is 2.65 bits per heavy atom. The van der Waals surface area contributed by atoms with E-state index < -0.39 is 0 Å². The first-order valence-corrected chi connectivity index (χ1v) is 8.86. The molecule has 1 aromatic rings. The first-order chi connectivity index (χ1) is 11.0. The van der Waals surface area contributed by atoms with Gasteiger partial charge >= 0.3 is 0 Å². The van der Waals surface area contributed by atoms with Crippen molar-refractivity contribution in [2.24, 2.45) is 0 Å². The molecule has 23 heavy (non-hydrogen) atoms. The van der Waals surface area contributed by atoms with Crippen molar-refractivity contribution in [3.8, 4) is 0 Å². The lowest BCUT2D eigenvalue weighted by Gasteiger charge is -2.27. The summed E-state index contributed by atoms with van der Waals surface area (Å²) in [6.45, 7) is 6.80. The van der Waals surface area contributed by atoms with Crippen LogP contribution in [0.2, 0.25) is 10.0 Å². The molecule has 6 heteroatoms. The van der Waals surface area contributed by atoms with Crippen molar-refractivity contribution in [3.63, 3.8) is 0 Å². The molecule has 0 saturated carbocycles. The maximum absolute atomic E-state index is 11.8. The number of carbonyl (C=O) groups is 1. The average Bonchev–Trinajstić information content (AvgIpc) is 2.54. The lowest BCUT2D eigenvalue weighted by Crippen LogP contribution is -3.27. The summed E-state index contributed by atoms with van der Waals surface area (Å²) >= 11 is 11.8. The topological polar surface area (TPSA) is 38.0 Å². The first kappa shape index (κ1) is 18.3. The van der Waals surface area contributed by atoms with Gasteiger partial charge in [-0.15, -0.1) is 0 Å². The van der Waals surface area contributed by atoms with Crippen LogP contribution in [0.4, 0.5) is 0 Å². The van der Waals surface area contributed by atoms with Crippen LogP contribution in [-0.4, -0.2) is 52.2 Å². The normalized spacial score (nSPS) is 21.5. The van der Waals surface area contributed by atoms with E-state index in [-0.39, 0.29) is 5.91 Å². The van der Waals surface area contributed by atoms with Crippen molar-refractivity contribution < 1.29 is 14.6 Å². The highest BCUT2D eigenvalue weighted by Gasteiger charge is 2.18. The smallest absolute Gasteiger partial charge is 0.244 e. The van der Waals surface area contributed by atoms with Gasteiger partial charge in [0.2, 0.25) is 5.91 Å². The molecule has 1 aromatic carbocycles. The minimum Gasteiger partial charge on any atom is -0.352 e. The molecule has 0 atom stereocenters. The fraction of sp³-hybridized carbons (Fsp3) is 0.471. The molecule has 0 bridgehead atoms. The Labute approximate surface area is 148 Å². The van der Waals surface area contributed by atoms with E-state index in [4.69, 9.17) is 23.2 Å². The Morgan fingerprint density at radius 2 is 1.96 bits per heavy atom. The Morgan fingerprint density at radius 1 is 1.22 bits per heavy atom. The number of piperazine rings is 1. The summed E-state index contributed by atoms with van der Waals surface area (Å²) in [5.74, 6) is -0.0751. The lowest BCUT2D eigenvalue weighted by atomic mass is 10.2. The maximum atomic E-state index is 11.8. The Balaban J connectivity index is 1.64. The molecule has 4 nitrogen and oxygen atoms in total. The molecule has 0 radical (unpaired) electrons. The van der Waals surface area contributed by atoms with E-state index in [1.165, 1.54) is 32.3 Å². The second kappa shape index (κ2) is 9.28. The third-order valence-electron chi connectivity index (χ3n) is 4.19. The molecule has 2 rings (SSSR count). The van der Waals surface area contributed by atoms with E-state index in [1.807, 2.05) is 6.07 Å².